The van der Waals surface area contributed by atoms with E-state index in [0.29, 0.717) is 11.6 Å². The number of unbranched alkanes of at least 4 members (excludes halogenated alkanes) is 4. The summed E-state index contributed by atoms with van der Waals surface area (Å²) in [6.45, 7) is 5.65. The Balaban J connectivity index is 2.49. The van der Waals surface area contributed by atoms with Crippen LogP contribution < -0.4 is 5.32 Å². The number of hydrogen-bond donors (Lipinski definition) is 1. The summed E-state index contributed by atoms with van der Waals surface area (Å²) in [5, 5.41) is 3.80. The monoisotopic (exact) mass is 268 g/mol. The Labute approximate surface area is 121 Å². The molecule has 1 saturated carbocycles. The maximum absolute atomic E-state index is 3.80. The van der Waals surface area contributed by atoms with Crippen LogP contribution in [-0.4, -0.2) is 37.1 Å². The SMILES string of the molecule is CCCCCCCC(NCC)C1(N(C)C)CCCC1. The van der Waals surface area contributed by atoms with Crippen molar-refractivity contribution in [2.24, 2.45) is 0 Å². The first-order valence-electron chi connectivity index (χ1n) is 8.58. The van der Waals surface area contributed by atoms with E-state index in [1.807, 2.05) is 0 Å². The van der Waals surface area contributed by atoms with Crippen molar-refractivity contribution in [1.82, 2.24) is 10.2 Å². The van der Waals surface area contributed by atoms with Crippen molar-refractivity contribution in [2.45, 2.75) is 89.6 Å². The second-order valence-electron chi connectivity index (χ2n) is 6.52. The van der Waals surface area contributed by atoms with E-state index in [0.717, 1.165) is 6.54 Å². The van der Waals surface area contributed by atoms with E-state index in [1.165, 1.54) is 64.2 Å². The molecule has 0 aliphatic heterocycles. The zero-order chi connectivity index (χ0) is 14.1. The number of hydrogen-bond acceptors (Lipinski definition) is 2. The molecule has 0 saturated heterocycles. The summed E-state index contributed by atoms with van der Waals surface area (Å²) in [6.07, 6.45) is 13.9. The molecule has 1 aliphatic carbocycles. The first-order chi connectivity index (χ1) is 9.17. The van der Waals surface area contributed by atoms with E-state index in [4.69, 9.17) is 0 Å². The van der Waals surface area contributed by atoms with Crippen LogP contribution >= 0.6 is 0 Å². The number of rotatable bonds is 10. The molecular weight excluding hydrogens is 232 g/mol. The fourth-order valence-electron chi connectivity index (χ4n) is 3.85. The summed E-state index contributed by atoms with van der Waals surface area (Å²) in [7, 11) is 4.57. The van der Waals surface area contributed by atoms with Crippen molar-refractivity contribution in [2.75, 3.05) is 20.6 Å². The Kier molecular flexibility index (Phi) is 8.01. The van der Waals surface area contributed by atoms with E-state index in [9.17, 15) is 0 Å². The molecule has 0 spiro atoms. The van der Waals surface area contributed by atoms with Gasteiger partial charge in [-0.3, -0.25) is 0 Å². The zero-order valence-electron chi connectivity index (χ0n) is 13.8. The third kappa shape index (κ3) is 4.75. The van der Waals surface area contributed by atoms with Crippen LogP contribution in [0.5, 0.6) is 0 Å². The number of nitrogens with zero attached hydrogens (tertiary/aromatic N) is 1. The molecule has 1 aliphatic rings. The standard InChI is InChI=1S/C17H36N2/c1-5-7-8-9-10-13-16(18-6-2)17(19(3)4)14-11-12-15-17/h16,18H,5-15H2,1-4H3. The summed E-state index contributed by atoms with van der Waals surface area (Å²) in [4.78, 5) is 2.51. The van der Waals surface area contributed by atoms with Crippen molar-refractivity contribution in [3.05, 3.63) is 0 Å². The maximum Gasteiger partial charge on any atom is 0.0356 e. The minimum absolute atomic E-state index is 0.431. The van der Waals surface area contributed by atoms with Gasteiger partial charge in [-0.2, -0.15) is 0 Å². The van der Waals surface area contributed by atoms with Crippen LogP contribution in [-0.2, 0) is 0 Å². The van der Waals surface area contributed by atoms with Crippen molar-refractivity contribution in [1.29, 1.82) is 0 Å². The molecule has 0 bridgehead atoms. The van der Waals surface area contributed by atoms with E-state index in [-0.39, 0.29) is 0 Å². The molecule has 1 rings (SSSR count). The third-order valence-corrected chi connectivity index (χ3v) is 5.06. The lowest BCUT2D eigenvalue weighted by Crippen LogP contribution is -2.57. The van der Waals surface area contributed by atoms with E-state index in [1.54, 1.807) is 0 Å². The molecule has 1 atom stereocenters. The number of likely N-dealkylation sites (N-methyl/N-ethyl adjacent to an activating group) is 2. The predicted octanol–water partition coefficient (Wildman–Crippen LogP) is 4.20. The fourth-order valence-corrected chi connectivity index (χ4v) is 3.85. The van der Waals surface area contributed by atoms with Crippen molar-refractivity contribution in [3.8, 4) is 0 Å². The molecule has 1 fully saturated rings. The van der Waals surface area contributed by atoms with E-state index < -0.39 is 0 Å². The van der Waals surface area contributed by atoms with Gasteiger partial charge in [-0.1, -0.05) is 58.8 Å². The molecule has 1 N–H and O–H groups in total. The average Bonchev–Trinajstić information content (AvgIpc) is 2.88. The highest BCUT2D eigenvalue weighted by Gasteiger charge is 2.42. The number of nitrogens with one attached hydrogen (secondary N) is 1. The predicted molar refractivity (Wildman–Crippen MR) is 85.7 cm³/mol. The minimum Gasteiger partial charge on any atom is -0.312 e. The summed E-state index contributed by atoms with van der Waals surface area (Å²) in [6, 6.07) is 0.691. The highest BCUT2D eigenvalue weighted by atomic mass is 15.2. The van der Waals surface area contributed by atoms with Gasteiger partial charge in [0.05, 0.1) is 0 Å². The molecule has 0 aromatic heterocycles. The fraction of sp³-hybridized carbons (Fsp3) is 1.00. The normalized spacial score (nSPS) is 20.1. The highest BCUT2D eigenvalue weighted by Crippen LogP contribution is 2.38. The van der Waals surface area contributed by atoms with Crippen molar-refractivity contribution < 1.29 is 0 Å². The third-order valence-electron chi connectivity index (χ3n) is 5.06. The lowest BCUT2D eigenvalue weighted by Gasteiger charge is -2.44. The summed E-state index contributed by atoms with van der Waals surface area (Å²) in [5.41, 5.74) is 0.431. The smallest absolute Gasteiger partial charge is 0.0356 e. The highest BCUT2D eigenvalue weighted by molar-refractivity contribution is 5.01. The summed E-state index contributed by atoms with van der Waals surface area (Å²) < 4.78 is 0. The molecule has 0 amide bonds. The Morgan fingerprint density at radius 2 is 1.63 bits per heavy atom. The van der Waals surface area contributed by atoms with Crippen molar-refractivity contribution >= 4 is 0 Å². The summed E-state index contributed by atoms with van der Waals surface area (Å²) >= 11 is 0. The second kappa shape index (κ2) is 8.97. The maximum atomic E-state index is 3.80. The Morgan fingerprint density at radius 1 is 1.00 bits per heavy atom. The van der Waals surface area contributed by atoms with Crippen molar-refractivity contribution in [3.63, 3.8) is 0 Å². The molecule has 19 heavy (non-hydrogen) atoms. The first kappa shape index (κ1) is 17.0. The lowest BCUT2D eigenvalue weighted by atomic mass is 9.83. The van der Waals surface area contributed by atoms with Crippen LogP contribution in [0.25, 0.3) is 0 Å². The molecule has 1 unspecified atom stereocenters. The van der Waals surface area contributed by atoms with Gasteiger partial charge in [0.2, 0.25) is 0 Å². The van der Waals surface area contributed by atoms with Gasteiger partial charge in [0.25, 0.3) is 0 Å². The summed E-state index contributed by atoms with van der Waals surface area (Å²) in [5.74, 6) is 0. The Hall–Kier alpha value is -0.0800. The van der Waals surface area contributed by atoms with Crippen LogP contribution in [0.4, 0.5) is 0 Å². The van der Waals surface area contributed by atoms with E-state index >= 15 is 0 Å². The van der Waals surface area contributed by atoms with Gasteiger partial charge < -0.3 is 10.2 Å². The van der Waals surface area contributed by atoms with Crippen LogP contribution in [0.3, 0.4) is 0 Å². The quantitative estimate of drug-likeness (QED) is 0.597. The molecular formula is C17H36N2. The van der Waals surface area contributed by atoms with Gasteiger partial charge in [-0.25, -0.2) is 0 Å². The second-order valence-corrected chi connectivity index (χ2v) is 6.52. The van der Waals surface area contributed by atoms with Crippen LogP contribution in [0.2, 0.25) is 0 Å². The topological polar surface area (TPSA) is 15.3 Å². The van der Waals surface area contributed by atoms with Gasteiger partial charge in [-0.15, -0.1) is 0 Å². The molecule has 0 aromatic carbocycles. The van der Waals surface area contributed by atoms with Gasteiger partial charge in [0.15, 0.2) is 0 Å². The van der Waals surface area contributed by atoms with Gasteiger partial charge in [0, 0.05) is 11.6 Å². The molecule has 0 aromatic rings. The van der Waals surface area contributed by atoms with E-state index in [2.05, 4.69) is 38.2 Å². The Morgan fingerprint density at radius 3 is 2.16 bits per heavy atom. The minimum atomic E-state index is 0.431. The molecule has 114 valence electrons. The van der Waals surface area contributed by atoms with Gasteiger partial charge >= 0.3 is 0 Å². The van der Waals surface area contributed by atoms with Crippen LogP contribution in [0.1, 0.15) is 78.1 Å². The molecule has 2 nitrogen and oxygen atoms in total. The average molecular weight is 268 g/mol. The van der Waals surface area contributed by atoms with Crippen LogP contribution in [0, 0.1) is 0 Å². The zero-order valence-corrected chi connectivity index (χ0v) is 13.8. The molecule has 0 radical (unpaired) electrons. The van der Waals surface area contributed by atoms with Gasteiger partial charge in [-0.05, 0) is 39.9 Å². The lowest BCUT2D eigenvalue weighted by molar-refractivity contribution is 0.0992. The first-order valence-corrected chi connectivity index (χ1v) is 8.58. The Bertz CT molecular complexity index is 219. The molecule has 2 heteroatoms. The van der Waals surface area contributed by atoms with Crippen LogP contribution in [0.15, 0.2) is 0 Å². The largest absolute Gasteiger partial charge is 0.312 e. The molecule has 0 heterocycles. The van der Waals surface area contributed by atoms with Gasteiger partial charge in [0.1, 0.15) is 0 Å².